The average Bonchev–Trinajstić information content (AvgIpc) is 3.23. The van der Waals surface area contributed by atoms with Gasteiger partial charge in [-0.1, -0.05) is 24.3 Å². The molecule has 0 atom stereocenters. The van der Waals surface area contributed by atoms with Crippen LogP contribution in [0.2, 0.25) is 0 Å². The zero-order valence-electron chi connectivity index (χ0n) is 18.3. The normalized spacial score (nSPS) is 18.2. The lowest BCUT2D eigenvalue weighted by molar-refractivity contribution is -0.141. The van der Waals surface area contributed by atoms with Gasteiger partial charge in [0.1, 0.15) is 0 Å². The van der Waals surface area contributed by atoms with Crippen LogP contribution in [0.15, 0.2) is 47.4 Å². The zero-order chi connectivity index (χ0) is 23.6. The summed E-state index contributed by atoms with van der Waals surface area (Å²) in [5.74, 6) is 0. The van der Waals surface area contributed by atoms with E-state index < -0.39 is 21.7 Å². The summed E-state index contributed by atoms with van der Waals surface area (Å²) in [5, 5.41) is 3.86. The monoisotopic (exact) mass is 481 g/mol. The molecule has 2 aliphatic rings. The molecule has 1 aromatic heterocycles. The summed E-state index contributed by atoms with van der Waals surface area (Å²) >= 11 is 0. The molecule has 0 unspecified atom stereocenters. The minimum absolute atomic E-state index is 0.242. The van der Waals surface area contributed by atoms with Crippen LogP contribution >= 0.6 is 0 Å². The molecule has 0 amide bonds. The number of aromatic nitrogens is 2. The Balaban J connectivity index is 1.59. The molecule has 1 aliphatic carbocycles. The van der Waals surface area contributed by atoms with Gasteiger partial charge in [0.25, 0.3) is 0 Å². The number of hydrogen-bond donors (Lipinski definition) is 0. The van der Waals surface area contributed by atoms with Gasteiger partial charge in [0.05, 0.1) is 30.3 Å². The number of morpholine rings is 1. The van der Waals surface area contributed by atoms with E-state index in [4.69, 9.17) is 4.74 Å². The van der Waals surface area contributed by atoms with E-state index in [2.05, 4.69) is 10.00 Å². The van der Waals surface area contributed by atoms with Crippen molar-refractivity contribution in [3.63, 3.8) is 0 Å². The molecule has 0 N–H and O–H groups in total. The first-order valence-corrected chi connectivity index (χ1v) is 12.7. The lowest BCUT2D eigenvalue weighted by atomic mass is 9.92. The number of nitrogens with zero attached hydrogens (tertiary/aromatic N) is 3. The first-order valence-electron chi connectivity index (χ1n) is 10.8. The van der Waals surface area contributed by atoms with Crippen molar-refractivity contribution in [3.05, 3.63) is 59.4 Å². The van der Waals surface area contributed by atoms with Gasteiger partial charge < -0.3 is 4.74 Å². The molecule has 2 aromatic rings. The number of hydrogen-bond acceptors (Lipinski definition) is 5. The van der Waals surface area contributed by atoms with E-state index in [1.54, 1.807) is 18.2 Å². The third kappa shape index (κ3) is 5.74. The molecular weight excluding hydrogens is 455 g/mol. The highest BCUT2D eigenvalue weighted by atomic mass is 32.2. The van der Waals surface area contributed by atoms with Gasteiger partial charge in [0.15, 0.2) is 15.5 Å². The topological polar surface area (TPSA) is 64.4 Å². The molecule has 6 nitrogen and oxygen atoms in total. The van der Waals surface area contributed by atoms with Crippen LogP contribution in [0, 0.1) is 0 Å². The van der Waals surface area contributed by atoms with Gasteiger partial charge in [-0.2, -0.15) is 18.3 Å². The predicted octanol–water partition coefficient (Wildman–Crippen LogP) is 3.90. The maximum absolute atomic E-state index is 13.4. The second kappa shape index (κ2) is 9.44. The van der Waals surface area contributed by atoms with Crippen molar-refractivity contribution in [2.24, 2.45) is 0 Å². The van der Waals surface area contributed by atoms with Crippen molar-refractivity contribution in [3.8, 4) is 0 Å². The third-order valence-corrected chi connectivity index (χ3v) is 7.02. The Hall–Kier alpha value is -2.43. The van der Waals surface area contributed by atoms with Crippen LogP contribution in [-0.4, -0.2) is 62.2 Å². The highest BCUT2D eigenvalue weighted by molar-refractivity contribution is 7.90. The summed E-state index contributed by atoms with van der Waals surface area (Å²) in [6.07, 6.45) is 1.45. The van der Waals surface area contributed by atoms with Crippen molar-refractivity contribution in [2.45, 2.75) is 30.5 Å². The summed E-state index contributed by atoms with van der Waals surface area (Å²) < 4.78 is 70.6. The van der Waals surface area contributed by atoms with E-state index >= 15 is 0 Å². The van der Waals surface area contributed by atoms with Gasteiger partial charge in [-0.05, 0) is 47.8 Å². The molecule has 0 spiro atoms. The molecule has 0 radical (unpaired) electrons. The van der Waals surface area contributed by atoms with E-state index in [1.807, 2.05) is 18.2 Å². The molecule has 178 valence electrons. The molecule has 4 rings (SSSR count). The van der Waals surface area contributed by atoms with Gasteiger partial charge in [-0.3, -0.25) is 9.58 Å². The van der Waals surface area contributed by atoms with E-state index in [1.165, 1.54) is 4.68 Å². The fourth-order valence-electron chi connectivity index (χ4n) is 4.06. The quantitative estimate of drug-likeness (QED) is 0.626. The van der Waals surface area contributed by atoms with Crippen molar-refractivity contribution < 1.29 is 26.3 Å². The summed E-state index contributed by atoms with van der Waals surface area (Å²) in [6, 6.07) is 7.84. The molecule has 10 heteroatoms. The number of allylic oxidation sites excluding steroid dienone is 4. The minimum atomic E-state index is -4.51. The fourth-order valence-corrected chi connectivity index (χ4v) is 4.73. The zero-order valence-corrected chi connectivity index (χ0v) is 19.1. The fraction of sp³-hybridized carbons (Fsp3) is 0.435. The molecule has 1 aromatic carbocycles. The van der Waals surface area contributed by atoms with E-state index in [0.717, 1.165) is 42.1 Å². The van der Waals surface area contributed by atoms with Crippen LogP contribution in [0.3, 0.4) is 0 Å². The van der Waals surface area contributed by atoms with Gasteiger partial charge in [-0.25, -0.2) is 8.42 Å². The molecule has 0 bridgehead atoms. The molecule has 0 saturated carbocycles. The number of sulfone groups is 1. The summed E-state index contributed by atoms with van der Waals surface area (Å²) in [6.45, 7) is 3.71. The van der Waals surface area contributed by atoms with Crippen LogP contribution in [0.1, 0.15) is 29.8 Å². The lowest BCUT2D eigenvalue weighted by Gasteiger charge is -2.26. The Labute approximate surface area is 191 Å². The van der Waals surface area contributed by atoms with Crippen molar-refractivity contribution in [1.82, 2.24) is 14.7 Å². The van der Waals surface area contributed by atoms with E-state index in [0.29, 0.717) is 44.8 Å². The molecule has 1 aliphatic heterocycles. The second-order valence-electron chi connectivity index (χ2n) is 8.27. The van der Waals surface area contributed by atoms with Crippen LogP contribution in [0.25, 0.3) is 11.1 Å². The van der Waals surface area contributed by atoms with Gasteiger partial charge in [0.2, 0.25) is 0 Å². The standard InChI is InChI=1S/C23H26F3N3O3S/c1-33(30,31)20-4-2-3-19(15-20)17-5-7-18(8-6-17)21-16-22(23(24,25)26)27-29(21)10-9-28-11-13-32-14-12-28/h2-5,7,15-16H,6,8-14H2,1H3. The van der Waals surface area contributed by atoms with Crippen LogP contribution < -0.4 is 0 Å². The number of alkyl halides is 3. The minimum Gasteiger partial charge on any atom is -0.379 e. The average molecular weight is 482 g/mol. The Morgan fingerprint density at radius 3 is 2.36 bits per heavy atom. The third-order valence-electron chi connectivity index (χ3n) is 5.91. The lowest BCUT2D eigenvalue weighted by Crippen LogP contribution is -2.38. The molecule has 33 heavy (non-hydrogen) atoms. The molecular formula is C23H26F3N3O3S. The summed E-state index contributed by atoms with van der Waals surface area (Å²) in [7, 11) is -3.32. The molecule has 2 heterocycles. The molecule has 1 saturated heterocycles. The number of halogens is 3. The maximum atomic E-state index is 13.4. The largest absolute Gasteiger partial charge is 0.435 e. The Morgan fingerprint density at radius 1 is 1.03 bits per heavy atom. The Morgan fingerprint density at radius 2 is 1.73 bits per heavy atom. The SMILES string of the molecule is CS(=O)(=O)c1cccc(C2=CC=C(c3cc(C(F)(F)F)nn3CCN3CCOCC3)CC2)c1. The van der Waals surface area contributed by atoms with Crippen molar-refractivity contribution >= 4 is 21.0 Å². The molecule has 1 fully saturated rings. The first kappa shape index (κ1) is 23.7. The smallest absolute Gasteiger partial charge is 0.379 e. The Bertz CT molecular complexity index is 1180. The van der Waals surface area contributed by atoms with Crippen LogP contribution in [0.5, 0.6) is 0 Å². The van der Waals surface area contributed by atoms with E-state index in [9.17, 15) is 21.6 Å². The van der Waals surface area contributed by atoms with Gasteiger partial charge in [0, 0.05) is 25.9 Å². The number of rotatable bonds is 6. The first-order chi connectivity index (χ1) is 15.6. The Kier molecular flexibility index (Phi) is 6.78. The van der Waals surface area contributed by atoms with E-state index in [-0.39, 0.29) is 4.90 Å². The van der Waals surface area contributed by atoms with Crippen molar-refractivity contribution in [1.29, 1.82) is 0 Å². The number of ether oxygens (including phenoxy) is 1. The summed E-state index contributed by atoms with van der Waals surface area (Å²) in [5.41, 5.74) is 2.10. The van der Waals surface area contributed by atoms with Gasteiger partial charge in [-0.15, -0.1) is 0 Å². The van der Waals surface area contributed by atoms with Gasteiger partial charge >= 0.3 is 6.18 Å². The van der Waals surface area contributed by atoms with Crippen LogP contribution in [-0.2, 0) is 27.3 Å². The summed E-state index contributed by atoms with van der Waals surface area (Å²) in [4.78, 5) is 2.40. The second-order valence-corrected chi connectivity index (χ2v) is 10.3. The predicted molar refractivity (Wildman–Crippen MR) is 119 cm³/mol. The highest BCUT2D eigenvalue weighted by Gasteiger charge is 2.35. The highest BCUT2D eigenvalue weighted by Crippen LogP contribution is 2.35. The maximum Gasteiger partial charge on any atom is 0.435 e. The van der Waals surface area contributed by atoms with Crippen molar-refractivity contribution in [2.75, 3.05) is 39.1 Å². The number of benzene rings is 1. The van der Waals surface area contributed by atoms with Crippen LogP contribution in [0.4, 0.5) is 13.2 Å².